The first kappa shape index (κ1) is 21.4. The summed E-state index contributed by atoms with van der Waals surface area (Å²) < 4.78 is 0. The Labute approximate surface area is 195 Å². The van der Waals surface area contributed by atoms with Crippen LogP contribution in [0.2, 0.25) is 15.1 Å². The largest absolute Gasteiger partial charge is 0.380 e. The molecule has 2 heterocycles. The molecule has 6 heteroatoms. The van der Waals surface area contributed by atoms with Gasteiger partial charge in [-0.3, -0.25) is 9.97 Å². The molecule has 0 fully saturated rings. The van der Waals surface area contributed by atoms with Crippen molar-refractivity contribution in [3.05, 3.63) is 112 Å². The van der Waals surface area contributed by atoms with Crippen molar-refractivity contribution in [3.8, 4) is 0 Å². The minimum atomic E-state index is 0.678. The van der Waals surface area contributed by atoms with Crippen molar-refractivity contribution in [1.82, 2.24) is 9.97 Å². The third-order valence-corrected chi connectivity index (χ3v) is 5.48. The Morgan fingerprint density at radius 3 is 1.97 bits per heavy atom. The van der Waals surface area contributed by atoms with Gasteiger partial charge in [0.15, 0.2) is 0 Å². The van der Waals surface area contributed by atoms with E-state index < -0.39 is 0 Å². The van der Waals surface area contributed by atoms with E-state index >= 15 is 0 Å². The van der Waals surface area contributed by atoms with Gasteiger partial charge in [-0.05, 0) is 54.1 Å². The zero-order valence-electron chi connectivity index (χ0n) is 16.4. The van der Waals surface area contributed by atoms with Crippen molar-refractivity contribution in [3.63, 3.8) is 0 Å². The number of aromatic nitrogens is 2. The van der Waals surface area contributed by atoms with E-state index in [-0.39, 0.29) is 0 Å². The normalized spacial score (nSPS) is 10.5. The number of hydrogen-bond donors (Lipinski definition) is 1. The van der Waals surface area contributed by atoms with E-state index in [1.54, 1.807) is 30.6 Å². The quantitative estimate of drug-likeness (QED) is 0.292. The molecule has 0 unspecified atom stereocenters. The zero-order valence-corrected chi connectivity index (χ0v) is 18.7. The SMILES string of the molecule is Clc1ccc2c(Cl)ccnc2c1.Clc1ccc2c(NCc3ccccc3)ccnc2c1. The highest BCUT2D eigenvalue weighted by Gasteiger charge is 2.02. The molecular weight excluding hydrogens is 449 g/mol. The van der Waals surface area contributed by atoms with E-state index in [0.29, 0.717) is 15.1 Å². The first-order chi connectivity index (χ1) is 15.1. The molecule has 154 valence electrons. The molecule has 1 N–H and O–H groups in total. The molecule has 0 bridgehead atoms. The summed E-state index contributed by atoms with van der Waals surface area (Å²) in [4.78, 5) is 8.47. The molecule has 0 radical (unpaired) electrons. The molecule has 31 heavy (non-hydrogen) atoms. The van der Waals surface area contributed by atoms with Gasteiger partial charge in [-0.1, -0.05) is 65.1 Å². The lowest BCUT2D eigenvalue weighted by molar-refractivity contribution is 1.15. The van der Waals surface area contributed by atoms with E-state index in [0.717, 1.165) is 34.0 Å². The molecule has 0 atom stereocenters. The van der Waals surface area contributed by atoms with Crippen LogP contribution in [0, 0.1) is 0 Å². The second kappa shape index (κ2) is 9.97. The van der Waals surface area contributed by atoms with Crippen molar-refractivity contribution < 1.29 is 0 Å². The smallest absolute Gasteiger partial charge is 0.0737 e. The van der Waals surface area contributed by atoms with Crippen molar-refractivity contribution in [2.45, 2.75) is 6.54 Å². The van der Waals surface area contributed by atoms with Crippen LogP contribution in [0.5, 0.6) is 0 Å². The molecule has 5 aromatic rings. The first-order valence-corrected chi connectivity index (χ1v) is 10.8. The predicted octanol–water partition coefficient (Wildman–Crippen LogP) is 8.04. The molecule has 0 aliphatic heterocycles. The van der Waals surface area contributed by atoms with Crippen molar-refractivity contribution >= 4 is 62.3 Å². The number of hydrogen-bond acceptors (Lipinski definition) is 3. The van der Waals surface area contributed by atoms with Gasteiger partial charge in [-0.25, -0.2) is 0 Å². The topological polar surface area (TPSA) is 37.8 Å². The fraction of sp³-hybridized carbons (Fsp3) is 0.0400. The van der Waals surface area contributed by atoms with Gasteiger partial charge in [-0.15, -0.1) is 0 Å². The molecule has 3 nitrogen and oxygen atoms in total. The van der Waals surface area contributed by atoms with Gasteiger partial charge in [-0.2, -0.15) is 0 Å². The Bertz CT molecular complexity index is 1320. The van der Waals surface area contributed by atoms with E-state index in [1.165, 1.54) is 5.56 Å². The van der Waals surface area contributed by atoms with Crippen molar-refractivity contribution in [2.24, 2.45) is 0 Å². The fourth-order valence-electron chi connectivity index (χ4n) is 3.15. The summed E-state index contributed by atoms with van der Waals surface area (Å²) in [5.41, 5.74) is 4.06. The highest BCUT2D eigenvalue weighted by molar-refractivity contribution is 6.36. The van der Waals surface area contributed by atoms with Crippen molar-refractivity contribution in [1.29, 1.82) is 0 Å². The maximum atomic E-state index is 5.98. The van der Waals surface area contributed by atoms with Gasteiger partial charge in [0.05, 0.1) is 16.1 Å². The summed E-state index contributed by atoms with van der Waals surface area (Å²) in [6.45, 7) is 0.794. The van der Waals surface area contributed by atoms with Crippen LogP contribution in [0.1, 0.15) is 5.56 Å². The summed E-state index contributed by atoms with van der Waals surface area (Å²) >= 11 is 17.7. The van der Waals surface area contributed by atoms with Crippen LogP contribution in [0.3, 0.4) is 0 Å². The average molecular weight is 467 g/mol. The molecule has 0 saturated heterocycles. The number of nitrogens with one attached hydrogen (secondary N) is 1. The van der Waals surface area contributed by atoms with Gasteiger partial charge in [0.25, 0.3) is 0 Å². The number of anilines is 1. The van der Waals surface area contributed by atoms with E-state index in [2.05, 4.69) is 27.4 Å². The Morgan fingerprint density at radius 1 is 0.645 bits per heavy atom. The average Bonchev–Trinajstić information content (AvgIpc) is 2.78. The van der Waals surface area contributed by atoms with Gasteiger partial charge in [0, 0.05) is 45.4 Å². The van der Waals surface area contributed by atoms with Crippen LogP contribution in [-0.4, -0.2) is 9.97 Å². The van der Waals surface area contributed by atoms with Gasteiger partial charge in [0.1, 0.15) is 0 Å². The first-order valence-electron chi connectivity index (χ1n) is 9.62. The van der Waals surface area contributed by atoms with Crippen LogP contribution in [0.15, 0.2) is 91.3 Å². The number of fused-ring (bicyclic) bond motifs is 2. The zero-order chi connectivity index (χ0) is 21.6. The summed E-state index contributed by atoms with van der Waals surface area (Å²) in [6, 6.07) is 25.3. The Balaban J connectivity index is 0.000000166. The second-order valence-electron chi connectivity index (χ2n) is 6.81. The van der Waals surface area contributed by atoms with Crippen LogP contribution in [0.25, 0.3) is 21.8 Å². The maximum absolute atomic E-state index is 5.98. The predicted molar refractivity (Wildman–Crippen MR) is 132 cm³/mol. The maximum Gasteiger partial charge on any atom is 0.0737 e. The lowest BCUT2D eigenvalue weighted by Gasteiger charge is -2.09. The summed E-state index contributed by atoms with van der Waals surface area (Å²) in [5, 5.41) is 7.55. The molecule has 0 aliphatic carbocycles. The van der Waals surface area contributed by atoms with Gasteiger partial charge in [0.2, 0.25) is 0 Å². The van der Waals surface area contributed by atoms with Crippen molar-refractivity contribution in [2.75, 3.05) is 5.32 Å². The highest BCUT2D eigenvalue weighted by atomic mass is 35.5. The molecule has 0 amide bonds. The molecular formula is C25H18Cl3N3. The number of nitrogens with zero attached hydrogens (tertiary/aromatic N) is 2. The number of halogens is 3. The molecule has 5 rings (SSSR count). The molecule has 3 aromatic carbocycles. The monoisotopic (exact) mass is 465 g/mol. The third kappa shape index (κ3) is 5.45. The highest BCUT2D eigenvalue weighted by Crippen LogP contribution is 2.25. The van der Waals surface area contributed by atoms with Crippen LogP contribution >= 0.6 is 34.8 Å². The minimum Gasteiger partial charge on any atom is -0.380 e. The summed E-state index contributed by atoms with van der Waals surface area (Å²) in [6.07, 6.45) is 3.47. The number of pyridine rings is 2. The van der Waals surface area contributed by atoms with E-state index in [1.807, 2.05) is 48.5 Å². The number of rotatable bonds is 3. The summed E-state index contributed by atoms with van der Waals surface area (Å²) in [5.74, 6) is 0. The van der Waals surface area contributed by atoms with E-state index in [9.17, 15) is 0 Å². The van der Waals surface area contributed by atoms with Gasteiger partial charge < -0.3 is 5.32 Å². The van der Waals surface area contributed by atoms with Crippen LogP contribution in [0.4, 0.5) is 5.69 Å². The Kier molecular flexibility index (Phi) is 6.88. The molecule has 2 aromatic heterocycles. The van der Waals surface area contributed by atoms with E-state index in [4.69, 9.17) is 34.8 Å². The minimum absolute atomic E-state index is 0.678. The molecule has 0 spiro atoms. The summed E-state index contributed by atoms with van der Waals surface area (Å²) in [7, 11) is 0. The number of benzene rings is 3. The lowest BCUT2D eigenvalue weighted by Crippen LogP contribution is -2.00. The van der Waals surface area contributed by atoms with Gasteiger partial charge >= 0.3 is 0 Å². The third-order valence-electron chi connectivity index (χ3n) is 4.68. The van der Waals surface area contributed by atoms with Crippen LogP contribution in [-0.2, 0) is 6.54 Å². The molecule has 0 aliphatic rings. The standard InChI is InChI=1S/C16H13ClN2.C9H5Cl2N/c17-13-6-7-14-15(8-9-18-16(14)10-13)19-11-12-4-2-1-3-5-12;10-6-1-2-7-8(11)3-4-12-9(7)5-6/h1-10H,11H2,(H,18,19);1-5H. The molecule has 0 saturated carbocycles. The Hall–Kier alpha value is -2.85. The Morgan fingerprint density at radius 2 is 1.26 bits per heavy atom. The fourth-order valence-corrected chi connectivity index (χ4v) is 3.70. The van der Waals surface area contributed by atoms with Crippen LogP contribution < -0.4 is 5.32 Å². The second-order valence-corrected chi connectivity index (χ2v) is 8.09. The lowest BCUT2D eigenvalue weighted by atomic mass is 10.1.